The van der Waals surface area contributed by atoms with Crippen LogP contribution in [-0.4, -0.2) is 30.9 Å². The van der Waals surface area contributed by atoms with Crippen LogP contribution in [-0.2, 0) is 25.7 Å². The third kappa shape index (κ3) is 5.08. The van der Waals surface area contributed by atoms with Crippen molar-refractivity contribution in [3.8, 4) is 0 Å². The van der Waals surface area contributed by atoms with Crippen molar-refractivity contribution in [1.29, 1.82) is 0 Å². The van der Waals surface area contributed by atoms with Gasteiger partial charge in [0.1, 0.15) is 0 Å². The van der Waals surface area contributed by atoms with Gasteiger partial charge in [-0.05, 0) is 23.8 Å². The molecule has 2 aromatic rings. The highest BCUT2D eigenvalue weighted by molar-refractivity contribution is 6.31. The number of amides is 2. The first kappa shape index (κ1) is 18.9. The summed E-state index contributed by atoms with van der Waals surface area (Å²) in [6.45, 7) is 0.207. The average molecular weight is 387 g/mol. The van der Waals surface area contributed by atoms with Gasteiger partial charge in [-0.25, -0.2) is 0 Å². The summed E-state index contributed by atoms with van der Waals surface area (Å²) in [5, 5.41) is 3.20. The molecule has 0 unspecified atom stereocenters. The summed E-state index contributed by atoms with van der Waals surface area (Å²) in [6, 6.07) is 16.3. The third-order valence-electron chi connectivity index (χ3n) is 4.26. The van der Waals surface area contributed by atoms with Crippen LogP contribution in [0.2, 0.25) is 5.02 Å². The molecule has 0 spiro atoms. The van der Waals surface area contributed by atoms with Crippen molar-refractivity contribution in [2.75, 3.05) is 18.1 Å². The quantitative estimate of drug-likeness (QED) is 0.774. The van der Waals surface area contributed by atoms with Gasteiger partial charge in [0.25, 0.3) is 5.91 Å². The number of nitrogens with zero attached hydrogens (tertiary/aromatic N) is 1. The lowest BCUT2D eigenvalue weighted by Crippen LogP contribution is -2.31. The van der Waals surface area contributed by atoms with Gasteiger partial charge in [-0.15, -0.1) is 0 Å². The molecule has 6 nitrogen and oxygen atoms in total. The summed E-state index contributed by atoms with van der Waals surface area (Å²) in [5.41, 5.74) is 1.60. The minimum absolute atomic E-state index is 0.0526. The number of benzene rings is 2. The standard InChI is InChI=1S/C20H19ClN2O4/c21-16-7-4-8-17(10-16)23-12-15(9-19(23)25)20(26)27-13-18(24)22-11-14-5-2-1-3-6-14/h1-8,10,15H,9,11-13H2,(H,22,24)/t15-/m1/s1. The molecule has 1 atom stereocenters. The van der Waals surface area contributed by atoms with Crippen LogP contribution in [0.1, 0.15) is 12.0 Å². The Bertz CT molecular complexity index is 841. The van der Waals surface area contributed by atoms with Crippen LogP contribution in [0.15, 0.2) is 54.6 Å². The zero-order valence-corrected chi connectivity index (χ0v) is 15.3. The number of nitrogens with one attached hydrogen (secondary N) is 1. The zero-order chi connectivity index (χ0) is 19.2. The lowest BCUT2D eigenvalue weighted by Gasteiger charge is -2.16. The van der Waals surface area contributed by atoms with Crippen molar-refractivity contribution in [3.05, 3.63) is 65.2 Å². The molecule has 1 N–H and O–H groups in total. The number of hydrogen-bond acceptors (Lipinski definition) is 4. The number of carbonyl (C=O) groups excluding carboxylic acids is 3. The number of halogens is 1. The second-order valence-corrected chi connectivity index (χ2v) is 6.69. The average Bonchev–Trinajstić information content (AvgIpc) is 3.07. The van der Waals surface area contributed by atoms with E-state index in [4.69, 9.17) is 16.3 Å². The van der Waals surface area contributed by atoms with E-state index in [1.807, 2.05) is 30.3 Å². The summed E-state index contributed by atoms with van der Waals surface area (Å²) >= 11 is 5.95. The molecular formula is C20H19ClN2O4. The molecule has 0 radical (unpaired) electrons. The van der Waals surface area contributed by atoms with E-state index in [0.29, 0.717) is 17.3 Å². The predicted molar refractivity (Wildman–Crippen MR) is 101 cm³/mol. The molecule has 3 rings (SSSR count). The summed E-state index contributed by atoms with van der Waals surface area (Å²) in [4.78, 5) is 37.8. The van der Waals surface area contributed by atoms with Gasteiger partial charge in [0.15, 0.2) is 6.61 Å². The van der Waals surface area contributed by atoms with Crippen LogP contribution in [0.4, 0.5) is 5.69 Å². The van der Waals surface area contributed by atoms with Crippen molar-refractivity contribution in [3.63, 3.8) is 0 Å². The monoisotopic (exact) mass is 386 g/mol. The summed E-state index contributed by atoms with van der Waals surface area (Å²) < 4.78 is 5.08. The molecule has 0 aliphatic carbocycles. The van der Waals surface area contributed by atoms with Gasteiger partial charge in [0, 0.05) is 30.2 Å². The van der Waals surface area contributed by atoms with Crippen molar-refractivity contribution < 1.29 is 19.1 Å². The van der Waals surface area contributed by atoms with Crippen molar-refractivity contribution >= 4 is 35.1 Å². The predicted octanol–water partition coefficient (Wildman–Crippen LogP) is 2.55. The van der Waals surface area contributed by atoms with E-state index >= 15 is 0 Å². The fourth-order valence-electron chi connectivity index (χ4n) is 2.86. The number of esters is 1. The summed E-state index contributed by atoms with van der Waals surface area (Å²) in [7, 11) is 0. The number of rotatable bonds is 6. The summed E-state index contributed by atoms with van der Waals surface area (Å²) in [6.07, 6.45) is 0.0526. The van der Waals surface area contributed by atoms with E-state index in [-0.39, 0.29) is 31.4 Å². The lowest BCUT2D eigenvalue weighted by molar-refractivity contribution is -0.152. The van der Waals surface area contributed by atoms with E-state index in [1.54, 1.807) is 24.3 Å². The van der Waals surface area contributed by atoms with Gasteiger partial charge >= 0.3 is 5.97 Å². The Hall–Kier alpha value is -2.86. The van der Waals surface area contributed by atoms with Crippen molar-refractivity contribution in [2.45, 2.75) is 13.0 Å². The van der Waals surface area contributed by atoms with Gasteiger partial charge in [-0.1, -0.05) is 48.0 Å². The molecule has 1 heterocycles. The Labute approximate surface area is 162 Å². The van der Waals surface area contributed by atoms with Crippen LogP contribution in [0.3, 0.4) is 0 Å². The molecule has 0 aromatic heterocycles. The van der Waals surface area contributed by atoms with E-state index in [2.05, 4.69) is 5.32 Å². The SMILES string of the molecule is O=C(COC(=O)[C@@H]1CC(=O)N(c2cccc(Cl)c2)C1)NCc1ccccc1. The van der Waals surface area contributed by atoms with Gasteiger partial charge in [0.2, 0.25) is 5.91 Å². The molecule has 27 heavy (non-hydrogen) atoms. The third-order valence-corrected chi connectivity index (χ3v) is 4.49. The number of hydrogen-bond donors (Lipinski definition) is 1. The Morgan fingerprint density at radius 1 is 1.15 bits per heavy atom. The Morgan fingerprint density at radius 3 is 2.67 bits per heavy atom. The lowest BCUT2D eigenvalue weighted by atomic mass is 10.1. The minimum atomic E-state index is -0.599. The van der Waals surface area contributed by atoms with E-state index in [1.165, 1.54) is 4.90 Å². The van der Waals surface area contributed by atoms with Crippen molar-refractivity contribution in [2.24, 2.45) is 5.92 Å². The smallest absolute Gasteiger partial charge is 0.311 e. The second-order valence-electron chi connectivity index (χ2n) is 6.26. The molecule has 1 saturated heterocycles. The normalized spacial score (nSPS) is 16.3. The number of ether oxygens (including phenoxy) is 1. The van der Waals surface area contributed by atoms with Crippen LogP contribution < -0.4 is 10.2 Å². The van der Waals surface area contributed by atoms with Gasteiger partial charge in [-0.2, -0.15) is 0 Å². The highest BCUT2D eigenvalue weighted by Crippen LogP contribution is 2.27. The molecule has 2 amide bonds. The van der Waals surface area contributed by atoms with Crippen molar-refractivity contribution in [1.82, 2.24) is 5.32 Å². The van der Waals surface area contributed by atoms with E-state index < -0.39 is 11.9 Å². The maximum Gasteiger partial charge on any atom is 0.311 e. The maximum atomic E-state index is 12.2. The first-order valence-electron chi connectivity index (χ1n) is 8.56. The topological polar surface area (TPSA) is 75.7 Å². The Morgan fingerprint density at radius 2 is 1.93 bits per heavy atom. The molecule has 0 saturated carbocycles. The molecule has 140 valence electrons. The molecule has 1 fully saturated rings. The zero-order valence-electron chi connectivity index (χ0n) is 14.6. The van der Waals surface area contributed by atoms with Crippen LogP contribution in [0.25, 0.3) is 0 Å². The first-order chi connectivity index (χ1) is 13.0. The summed E-state index contributed by atoms with van der Waals surface area (Å²) in [5.74, 6) is -1.71. The van der Waals surface area contributed by atoms with Gasteiger partial charge < -0.3 is 15.0 Å². The fraction of sp³-hybridized carbons (Fsp3) is 0.250. The van der Waals surface area contributed by atoms with E-state index in [9.17, 15) is 14.4 Å². The van der Waals surface area contributed by atoms with Gasteiger partial charge in [0.05, 0.1) is 5.92 Å². The Kier molecular flexibility index (Phi) is 6.08. The molecule has 2 aromatic carbocycles. The largest absolute Gasteiger partial charge is 0.455 e. The molecule has 1 aliphatic heterocycles. The molecule has 7 heteroatoms. The molecule has 0 bridgehead atoms. The maximum absolute atomic E-state index is 12.2. The van der Waals surface area contributed by atoms with Crippen LogP contribution >= 0.6 is 11.6 Å². The number of anilines is 1. The number of carbonyl (C=O) groups is 3. The van der Waals surface area contributed by atoms with Gasteiger partial charge in [-0.3, -0.25) is 14.4 Å². The first-order valence-corrected chi connectivity index (χ1v) is 8.94. The fourth-order valence-corrected chi connectivity index (χ4v) is 3.05. The minimum Gasteiger partial charge on any atom is -0.455 e. The second kappa shape index (κ2) is 8.68. The van der Waals surface area contributed by atoms with Crippen LogP contribution in [0, 0.1) is 5.92 Å². The Balaban J connectivity index is 1.47. The highest BCUT2D eigenvalue weighted by Gasteiger charge is 2.36. The molecule has 1 aliphatic rings. The highest BCUT2D eigenvalue weighted by atomic mass is 35.5. The molecular weight excluding hydrogens is 368 g/mol. The van der Waals surface area contributed by atoms with Crippen LogP contribution in [0.5, 0.6) is 0 Å². The van der Waals surface area contributed by atoms with E-state index in [0.717, 1.165) is 5.56 Å².